The normalized spacial score (nSPS) is 24.3. The lowest BCUT2D eigenvalue weighted by atomic mass is 9.71. The third kappa shape index (κ3) is 1.34. The molecule has 98 valence electrons. The van der Waals surface area contributed by atoms with E-state index in [9.17, 15) is 10.2 Å². The number of fused-ring (bicyclic) bond motifs is 1. The molecule has 18 heavy (non-hydrogen) atoms. The summed E-state index contributed by atoms with van der Waals surface area (Å²) >= 11 is 0. The van der Waals surface area contributed by atoms with Gasteiger partial charge in [0, 0.05) is 12.0 Å². The summed E-state index contributed by atoms with van der Waals surface area (Å²) in [5, 5.41) is 20.4. The first-order valence-electron chi connectivity index (χ1n) is 6.65. The highest BCUT2D eigenvalue weighted by Gasteiger charge is 2.49. The molecule has 0 bridgehead atoms. The van der Waals surface area contributed by atoms with E-state index in [0.29, 0.717) is 12.2 Å². The van der Waals surface area contributed by atoms with Crippen molar-refractivity contribution < 1.29 is 14.9 Å². The lowest BCUT2D eigenvalue weighted by Gasteiger charge is -2.49. The van der Waals surface area contributed by atoms with Gasteiger partial charge < -0.3 is 14.9 Å². The quantitative estimate of drug-likeness (QED) is 0.741. The van der Waals surface area contributed by atoms with Crippen molar-refractivity contribution >= 4 is 0 Å². The van der Waals surface area contributed by atoms with Crippen LogP contribution >= 0.6 is 0 Å². The molecule has 1 unspecified atom stereocenters. The summed E-state index contributed by atoms with van der Waals surface area (Å²) in [6.07, 6.45) is 3.15. The van der Waals surface area contributed by atoms with Crippen molar-refractivity contribution in [3.05, 3.63) is 22.3 Å². The molecule has 0 aromatic heterocycles. The third-order valence-electron chi connectivity index (χ3n) is 4.85. The number of phenols is 1. The Morgan fingerprint density at radius 2 is 1.78 bits per heavy atom. The van der Waals surface area contributed by atoms with Gasteiger partial charge in [0.05, 0.1) is 6.10 Å². The lowest BCUT2D eigenvalue weighted by Crippen LogP contribution is -2.56. The number of benzene rings is 1. The second-order valence-corrected chi connectivity index (χ2v) is 5.77. The molecule has 1 aliphatic heterocycles. The molecule has 1 atom stereocenters. The van der Waals surface area contributed by atoms with E-state index in [1.54, 1.807) is 0 Å². The monoisotopic (exact) mass is 248 g/mol. The number of phenolic OH excluding ortho intramolecular Hbond substituents is 1. The maximum atomic E-state index is 10.3. The zero-order valence-corrected chi connectivity index (χ0v) is 11.2. The molecule has 1 aromatic carbocycles. The summed E-state index contributed by atoms with van der Waals surface area (Å²) in [6.45, 7) is 5.80. The van der Waals surface area contributed by atoms with E-state index in [-0.39, 0.29) is 5.60 Å². The molecule has 1 saturated carbocycles. The maximum absolute atomic E-state index is 10.3. The second-order valence-electron chi connectivity index (χ2n) is 5.77. The number of aromatic hydroxyl groups is 1. The highest BCUT2D eigenvalue weighted by Crippen LogP contribution is 2.49. The summed E-state index contributed by atoms with van der Waals surface area (Å²) in [6, 6.07) is 0. The van der Waals surface area contributed by atoms with Crippen molar-refractivity contribution in [2.75, 3.05) is 0 Å². The van der Waals surface area contributed by atoms with Crippen LogP contribution in [0.15, 0.2) is 0 Å². The number of rotatable bonds is 0. The molecule has 1 fully saturated rings. The smallest absolute Gasteiger partial charge is 0.135 e. The molecule has 2 N–H and O–H groups in total. The van der Waals surface area contributed by atoms with Crippen LogP contribution in [0.3, 0.4) is 0 Å². The van der Waals surface area contributed by atoms with E-state index in [1.165, 1.54) is 0 Å². The van der Waals surface area contributed by atoms with Crippen LogP contribution in [0.25, 0.3) is 0 Å². The Balaban J connectivity index is 2.16. The van der Waals surface area contributed by atoms with E-state index in [0.717, 1.165) is 47.3 Å². The SMILES string of the molecule is Cc1c(C)c2c(c(C)c1O)CC(O)C1(CCC1)O2. The minimum absolute atomic E-state index is 0.339. The molecule has 1 spiro atoms. The van der Waals surface area contributed by atoms with Gasteiger partial charge in [0.15, 0.2) is 0 Å². The van der Waals surface area contributed by atoms with Crippen LogP contribution in [-0.4, -0.2) is 21.9 Å². The first-order valence-corrected chi connectivity index (χ1v) is 6.65. The van der Waals surface area contributed by atoms with Gasteiger partial charge >= 0.3 is 0 Å². The Labute approximate surface area is 107 Å². The largest absolute Gasteiger partial charge is 0.507 e. The van der Waals surface area contributed by atoms with E-state index >= 15 is 0 Å². The Morgan fingerprint density at radius 3 is 2.33 bits per heavy atom. The van der Waals surface area contributed by atoms with Crippen molar-refractivity contribution in [1.82, 2.24) is 0 Å². The van der Waals surface area contributed by atoms with Gasteiger partial charge in [-0.25, -0.2) is 0 Å². The molecule has 0 radical (unpaired) electrons. The van der Waals surface area contributed by atoms with E-state index in [1.807, 2.05) is 20.8 Å². The number of aliphatic hydroxyl groups excluding tert-OH is 1. The standard InChI is InChI=1S/C15H20O3/c1-8-9(2)14-11(10(3)13(8)17)7-12(16)15(18-14)5-4-6-15/h12,16-17H,4-7H2,1-3H3. The highest BCUT2D eigenvalue weighted by molar-refractivity contribution is 5.58. The Morgan fingerprint density at radius 1 is 1.11 bits per heavy atom. The van der Waals surface area contributed by atoms with Crippen LogP contribution in [0.1, 0.15) is 41.5 Å². The Bertz CT molecular complexity index is 515. The average Bonchev–Trinajstić information content (AvgIpc) is 2.31. The van der Waals surface area contributed by atoms with Crippen LogP contribution in [0, 0.1) is 20.8 Å². The molecular formula is C15H20O3. The highest BCUT2D eigenvalue weighted by atomic mass is 16.5. The molecule has 0 amide bonds. The summed E-state index contributed by atoms with van der Waals surface area (Å²) in [5.74, 6) is 1.24. The number of aliphatic hydroxyl groups is 1. The van der Waals surface area contributed by atoms with Gasteiger partial charge in [-0.3, -0.25) is 0 Å². The predicted molar refractivity (Wildman–Crippen MR) is 69.2 cm³/mol. The summed E-state index contributed by atoms with van der Waals surface area (Å²) in [4.78, 5) is 0. The van der Waals surface area contributed by atoms with Gasteiger partial charge in [0.25, 0.3) is 0 Å². The molecule has 1 heterocycles. The lowest BCUT2D eigenvalue weighted by molar-refractivity contribution is -0.116. The first kappa shape index (κ1) is 11.8. The van der Waals surface area contributed by atoms with Crippen molar-refractivity contribution in [1.29, 1.82) is 0 Å². The van der Waals surface area contributed by atoms with Crippen molar-refractivity contribution in [3.8, 4) is 11.5 Å². The molecule has 3 nitrogen and oxygen atoms in total. The predicted octanol–water partition coefficient (Wildman–Crippen LogP) is 2.54. The molecule has 1 aromatic rings. The second kappa shape index (κ2) is 3.64. The topological polar surface area (TPSA) is 49.7 Å². The zero-order valence-electron chi connectivity index (χ0n) is 11.2. The minimum atomic E-state index is -0.445. The van der Waals surface area contributed by atoms with Crippen molar-refractivity contribution in [3.63, 3.8) is 0 Å². The number of hydrogen-bond donors (Lipinski definition) is 2. The fraction of sp³-hybridized carbons (Fsp3) is 0.600. The fourth-order valence-electron chi connectivity index (χ4n) is 3.16. The Kier molecular flexibility index (Phi) is 2.39. The van der Waals surface area contributed by atoms with Gasteiger partial charge in [-0.1, -0.05) is 0 Å². The average molecular weight is 248 g/mol. The van der Waals surface area contributed by atoms with E-state index in [4.69, 9.17) is 4.74 Å². The van der Waals surface area contributed by atoms with Crippen molar-refractivity contribution in [2.45, 2.75) is 58.2 Å². The van der Waals surface area contributed by atoms with Gasteiger partial charge in [-0.15, -0.1) is 0 Å². The molecule has 3 heteroatoms. The van der Waals surface area contributed by atoms with Gasteiger partial charge in [0.1, 0.15) is 17.1 Å². The first-order chi connectivity index (χ1) is 8.46. The van der Waals surface area contributed by atoms with Gasteiger partial charge in [-0.05, 0) is 56.7 Å². The van der Waals surface area contributed by atoms with Crippen LogP contribution in [0.5, 0.6) is 11.5 Å². The summed E-state index contributed by atoms with van der Waals surface area (Å²) in [7, 11) is 0. The van der Waals surface area contributed by atoms with Crippen LogP contribution in [0.2, 0.25) is 0 Å². The van der Waals surface area contributed by atoms with E-state index in [2.05, 4.69) is 0 Å². The number of ether oxygens (including phenoxy) is 1. The molecule has 3 rings (SSSR count). The van der Waals surface area contributed by atoms with Crippen LogP contribution in [0.4, 0.5) is 0 Å². The van der Waals surface area contributed by atoms with Crippen LogP contribution in [-0.2, 0) is 6.42 Å². The van der Waals surface area contributed by atoms with Gasteiger partial charge in [-0.2, -0.15) is 0 Å². The van der Waals surface area contributed by atoms with Crippen molar-refractivity contribution in [2.24, 2.45) is 0 Å². The van der Waals surface area contributed by atoms with E-state index < -0.39 is 6.10 Å². The zero-order chi connectivity index (χ0) is 13.1. The fourth-order valence-corrected chi connectivity index (χ4v) is 3.16. The number of hydrogen-bond acceptors (Lipinski definition) is 3. The summed E-state index contributed by atoms with van der Waals surface area (Å²) < 4.78 is 6.15. The Hall–Kier alpha value is -1.22. The molecular weight excluding hydrogens is 228 g/mol. The summed E-state index contributed by atoms with van der Waals surface area (Å²) in [5.41, 5.74) is 3.36. The van der Waals surface area contributed by atoms with Gasteiger partial charge in [0.2, 0.25) is 0 Å². The minimum Gasteiger partial charge on any atom is -0.507 e. The van der Waals surface area contributed by atoms with Crippen LogP contribution < -0.4 is 4.74 Å². The third-order valence-corrected chi connectivity index (χ3v) is 4.85. The molecule has 1 aliphatic carbocycles. The molecule has 2 aliphatic rings. The molecule has 0 saturated heterocycles. The maximum Gasteiger partial charge on any atom is 0.135 e.